The molecule has 1 atom stereocenters. The van der Waals surface area contributed by atoms with Crippen LogP contribution in [0.15, 0.2) is 46.9 Å². The fraction of sp³-hybridized carbons (Fsp3) is 0.391. The molecule has 1 amide bonds. The number of rotatable bonds is 6. The molecule has 0 N–H and O–H groups in total. The van der Waals surface area contributed by atoms with Crippen molar-refractivity contribution < 1.29 is 13.9 Å². The average molecular weight is 413 g/mol. The number of likely N-dealkylation sites (tertiary alicyclic amines) is 1. The Morgan fingerprint density at radius 1 is 1.31 bits per heavy atom. The second-order valence-electron chi connectivity index (χ2n) is 7.56. The van der Waals surface area contributed by atoms with Gasteiger partial charge in [-0.25, -0.2) is 4.98 Å². The van der Waals surface area contributed by atoms with Gasteiger partial charge in [0, 0.05) is 24.5 Å². The van der Waals surface area contributed by atoms with Crippen molar-refractivity contribution >= 4 is 28.6 Å². The van der Waals surface area contributed by atoms with Gasteiger partial charge in [0.05, 0.1) is 12.5 Å². The summed E-state index contributed by atoms with van der Waals surface area (Å²) in [6.07, 6.45) is 3.13. The summed E-state index contributed by atoms with van der Waals surface area (Å²) < 4.78 is 11.7. The largest absolute Gasteiger partial charge is 0.493 e. The first-order valence-corrected chi connectivity index (χ1v) is 10.5. The van der Waals surface area contributed by atoms with Crippen LogP contribution in [0.2, 0.25) is 5.02 Å². The van der Waals surface area contributed by atoms with Gasteiger partial charge < -0.3 is 14.1 Å². The Morgan fingerprint density at radius 3 is 3.00 bits per heavy atom. The number of hydrogen-bond donors (Lipinski definition) is 0. The molecule has 0 radical (unpaired) electrons. The number of halogens is 1. The molecule has 1 fully saturated rings. The number of nitrogens with zero attached hydrogens (tertiary/aromatic N) is 2. The van der Waals surface area contributed by atoms with Gasteiger partial charge in [-0.1, -0.05) is 23.7 Å². The maximum absolute atomic E-state index is 12.7. The molecule has 0 saturated carbocycles. The maximum atomic E-state index is 12.7. The van der Waals surface area contributed by atoms with Crippen molar-refractivity contribution in [2.24, 2.45) is 0 Å². The van der Waals surface area contributed by atoms with Crippen LogP contribution in [0.1, 0.15) is 43.1 Å². The van der Waals surface area contributed by atoms with Crippen LogP contribution in [-0.2, 0) is 4.79 Å². The highest BCUT2D eigenvalue weighted by Crippen LogP contribution is 2.29. The molecule has 0 bridgehead atoms. The molecule has 1 saturated heterocycles. The van der Waals surface area contributed by atoms with Gasteiger partial charge in [-0.3, -0.25) is 4.79 Å². The molecule has 1 unspecified atom stereocenters. The average Bonchev–Trinajstić information content (AvgIpc) is 3.17. The molecule has 29 heavy (non-hydrogen) atoms. The van der Waals surface area contributed by atoms with Crippen LogP contribution in [0.3, 0.4) is 0 Å². The van der Waals surface area contributed by atoms with Crippen LogP contribution >= 0.6 is 11.6 Å². The number of oxazole rings is 1. The van der Waals surface area contributed by atoms with Gasteiger partial charge in [0.25, 0.3) is 0 Å². The number of carbonyl (C=O) groups excluding carboxylic acids is 1. The lowest BCUT2D eigenvalue weighted by Crippen LogP contribution is -2.39. The number of fused-ring (bicyclic) bond motifs is 1. The third-order valence-corrected chi connectivity index (χ3v) is 5.60. The van der Waals surface area contributed by atoms with Crippen LogP contribution in [0.25, 0.3) is 11.1 Å². The van der Waals surface area contributed by atoms with E-state index in [1.54, 1.807) is 0 Å². The number of amides is 1. The molecular weight excluding hydrogens is 388 g/mol. The van der Waals surface area contributed by atoms with Gasteiger partial charge >= 0.3 is 0 Å². The smallest absolute Gasteiger partial charge is 0.222 e. The Hall–Kier alpha value is -2.53. The highest BCUT2D eigenvalue weighted by Gasteiger charge is 2.27. The number of piperidine rings is 1. The van der Waals surface area contributed by atoms with Crippen LogP contribution < -0.4 is 4.74 Å². The molecule has 152 valence electrons. The third-order valence-electron chi connectivity index (χ3n) is 5.36. The molecule has 1 aliphatic heterocycles. The SMILES string of the molecule is Cc1cc(Cl)ccc1OCCCC(=O)N1CCCC(c2nc3ccccc3o2)C1. The van der Waals surface area contributed by atoms with Crippen molar-refractivity contribution in [3.05, 3.63) is 58.9 Å². The normalized spacial score (nSPS) is 16.9. The summed E-state index contributed by atoms with van der Waals surface area (Å²) in [5.41, 5.74) is 2.68. The van der Waals surface area contributed by atoms with Gasteiger partial charge in [-0.05, 0) is 62.1 Å². The zero-order chi connectivity index (χ0) is 20.2. The molecule has 2 aromatic carbocycles. The zero-order valence-corrected chi connectivity index (χ0v) is 17.3. The second kappa shape index (κ2) is 8.87. The van der Waals surface area contributed by atoms with Crippen LogP contribution in [-0.4, -0.2) is 35.5 Å². The summed E-state index contributed by atoms with van der Waals surface area (Å²) in [5.74, 6) is 1.89. The van der Waals surface area contributed by atoms with Crippen LogP contribution in [0, 0.1) is 6.92 Å². The maximum Gasteiger partial charge on any atom is 0.222 e. The number of ether oxygens (including phenoxy) is 1. The van der Waals surface area contributed by atoms with E-state index in [4.69, 9.17) is 20.8 Å². The third kappa shape index (κ3) is 4.73. The standard InChI is InChI=1S/C23H25ClN2O3/c1-16-14-18(24)10-11-20(16)28-13-5-9-22(27)26-12-4-6-17(15-26)23-25-19-7-2-3-8-21(19)29-23/h2-3,7-8,10-11,14,17H,4-6,9,12-13,15H2,1H3. The summed E-state index contributed by atoms with van der Waals surface area (Å²) in [6, 6.07) is 13.4. The van der Waals surface area contributed by atoms with Crippen molar-refractivity contribution in [1.82, 2.24) is 9.88 Å². The van der Waals surface area contributed by atoms with E-state index in [1.165, 1.54) is 0 Å². The van der Waals surface area contributed by atoms with Crippen molar-refractivity contribution in [3.63, 3.8) is 0 Å². The summed E-state index contributed by atoms with van der Waals surface area (Å²) in [7, 11) is 0. The van der Waals surface area contributed by atoms with Crippen LogP contribution in [0.4, 0.5) is 0 Å². The molecule has 1 aromatic heterocycles. The Labute approximate surface area is 175 Å². The molecule has 2 heterocycles. The Balaban J connectivity index is 1.28. The van der Waals surface area contributed by atoms with E-state index in [-0.39, 0.29) is 11.8 Å². The van der Waals surface area contributed by atoms with E-state index in [1.807, 2.05) is 54.3 Å². The van der Waals surface area contributed by atoms with E-state index in [9.17, 15) is 4.79 Å². The summed E-state index contributed by atoms with van der Waals surface area (Å²) in [4.78, 5) is 19.2. The minimum Gasteiger partial charge on any atom is -0.493 e. The molecule has 1 aliphatic rings. The molecule has 3 aromatic rings. The molecule has 4 rings (SSSR count). The number of benzene rings is 2. The Bertz CT molecular complexity index is 968. The summed E-state index contributed by atoms with van der Waals surface area (Å²) in [6.45, 7) is 3.94. The zero-order valence-electron chi connectivity index (χ0n) is 16.6. The summed E-state index contributed by atoms with van der Waals surface area (Å²) in [5, 5.41) is 0.698. The topological polar surface area (TPSA) is 55.6 Å². The highest BCUT2D eigenvalue weighted by atomic mass is 35.5. The monoisotopic (exact) mass is 412 g/mol. The van der Waals surface area contributed by atoms with E-state index in [0.29, 0.717) is 31.0 Å². The first-order valence-electron chi connectivity index (χ1n) is 10.1. The predicted molar refractivity (Wildman–Crippen MR) is 113 cm³/mol. The predicted octanol–water partition coefficient (Wildman–Crippen LogP) is 5.35. The number of aromatic nitrogens is 1. The fourth-order valence-corrected chi connectivity index (χ4v) is 4.03. The van der Waals surface area contributed by atoms with Crippen molar-refractivity contribution in [2.45, 2.75) is 38.5 Å². The lowest BCUT2D eigenvalue weighted by molar-refractivity contribution is -0.132. The first kappa shape index (κ1) is 19.8. The van der Waals surface area contributed by atoms with E-state index in [2.05, 4.69) is 4.98 Å². The van der Waals surface area contributed by atoms with Gasteiger partial charge in [0.1, 0.15) is 11.3 Å². The van der Waals surface area contributed by atoms with Crippen LogP contribution in [0.5, 0.6) is 5.75 Å². The Morgan fingerprint density at radius 2 is 2.17 bits per heavy atom. The number of aryl methyl sites for hydroxylation is 1. The van der Waals surface area contributed by atoms with E-state index >= 15 is 0 Å². The number of hydrogen-bond acceptors (Lipinski definition) is 4. The van der Waals surface area contributed by atoms with Crippen molar-refractivity contribution in [2.75, 3.05) is 19.7 Å². The van der Waals surface area contributed by atoms with E-state index in [0.717, 1.165) is 47.7 Å². The highest BCUT2D eigenvalue weighted by molar-refractivity contribution is 6.30. The lowest BCUT2D eigenvalue weighted by Gasteiger charge is -2.31. The quantitative estimate of drug-likeness (QED) is 0.512. The van der Waals surface area contributed by atoms with Gasteiger partial charge in [0.15, 0.2) is 11.5 Å². The summed E-state index contributed by atoms with van der Waals surface area (Å²) >= 11 is 5.97. The number of para-hydroxylation sites is 2. The molecular formula is C23H25ClN2O3. The molecule has 0 spiro atoms. The van der Waals surface area contributed by atoms with Crippen molar-refractivity contribution in [3.8, 4) is 5.75 Å². The second-order valence-corrected chi connectivity index (χ2v) is 8.00. The Kier molecular flexibility index (Phi) is 6.05. The van der Waals surface area contributed by atoms with Crippen molar-refractivity contribution in [1.29, 1.82) is 0 Å². The molecule has 0 aliphatic carbocycles. The number of carbonyl (C=O) groups is 1. The molecule has 5 nitrogen and oxygen atoms in total. The molecule has 6 heteroatoms. The van der Waals surface area contributed by atoms with Gasteiger partial charge in [0.2, 0.25) is 5.91 Å². The minimum absolute atomic E-state index is 0.160. The minimum atomic E-state index is 0.160. The first-order chi connectivity index (χ1) is 14.1. The van der Waals surface area contributed by atoms with Gasteiger partial charge in [-0.15, -0.1) is 0 Å². The lowest BCUT2D eigenvalue weighted by atomic mass is 9.97. The fourth-order valence-electron chi connectivity index (χ4n) is 3.81. The van der Waals surface area contributed by atoms with E-state index < -0.39 is 0 Å². The van der Waals surface area contributed by atoms with Gasteiger partial charge in [-0.2, -0.15) is 0 Å².